The summed E-state index contributed by atoms with van der Waals surface area (Å²) in [5.74, 6) is 0.957. The average molecular weight is 271 g/mol. The largest absolute Gasteiger partial charge is 0.385 e. The lowest BCUT2D eigenvalue weighted by molar-refractivity contribution is -0.131. The van der Waals surface area contributed by atoms with Crippen LogP contribution < -0.4 is 5.73 Å². The summed E-state index contributed by atoms with van der Waals surface area (Å²) >= 11 is 1.71. The van der Waals surface area contributed by atoms with E-state index in [-0.39, 0.29) is 24.4 Å². The van der Waals surface area contributed by atoms with Crippen molar-refractivity contribution in [1.29, 1.82) is 0 Å². The molecule has 0 aromatic heterocycles. The van der Waals surface area contributed by atoms with Crippen molar-refractivity contribution in [3.05, 3.63) is 0 Å². The highest BCUT2D eigenvalue weighted by Crippen LogP contribution is 2.02. The van der Waals surface area contributed by atoms with Crippen LogP contribution in [0.2, 0.25) is 0 Å². The average Bonchev–Trinajstić information content (AvgIpc) is 2.24. The minimum absolute atomic E-state index is 0. The molecule has 6 heteroatoms. The number of hydrogen-bond acceptors (Lipinski definition) is 4. The van der Waals surface area contributed by atoms with Crippen molar-refractivity contribution >= 4 is 30.1 Å². The zero-order valence-corrected chi connectivity index (χ0v) is 11.9. The van der Waals surface area contributed by atoms with Gasteiger partial charge >= 0.3 is 0 Å². The predicted molar refractivity (Wildman–Crippen MR) is 72.4 cm³/mol. The Morgan fingerprint density at radius 3 is 2.69 bits per heavy atom. The van der Waals surface area contributed by atoms with Crippen molar-refractivity contribution < 1.29 is 9.53 Å². The Morgan fingerprint density at radius 1 is 1.56 bits per heavy atom. The zero-order chi connectivity index (χ0) is 11.7. The van der Waals surface area contributed by atoms with E-state index < -0.39 is 0 Å². The first-order chi connectivity index (χ1) is 7.13. The van der Waals surface area contributed by atoms with Crippen LogP contribution >= 0.6 is 24.2 Å². The molecule has 0 saturated heterocycles. The maximum atomic E-state index is 11.7. The number of halogens is 1. The molecule has 0 heterocycles. The Kier molecular flexibility index (Phi) is 13.2. The van der Waals surface area contributed by atoms with Crippen LogP contribution in [0.3, 0.4) is 0 Å². The van der Waals surface area contributed by atoms with E-state index >= 15 is 0 Å². The molecule has 0 bridgehead atoms. The van der Waals surface area contributed by atoms with Gasteiger partial charge in [0.1, 0.15) is 0 Å². The van der Waals surface area contributed by atoms with E-state index in [1.54, 1.807) is 30.8 Å². The van der Waals surface area contributed by atoms with Gasteiger partial charge < -0.3 is 15.4 Å². The molecule has 98 valence electrons. The van der Waals surface area contributed by atoms with Gasteiger partial charge in [0.25, 0.3) is 0 Å². The minimum atomic E-state index is -0.356. The smallest absolute Gasteiger partial charge is 0.239 e. The first-order valence-electron chi connectivity index (χ1n) is 5.12. The molecule has 0 radical (unpaired) electrons. The maximum Gasteiger partial charge on any atom is 0.239 e. The molecule has 0 aliphatic heterocycles. The van der Waals surface area contributed by atoms with Gasteiger partial charge in [-0.3, -0.25) is 4.79 Å². The first kappa shape index (κ1) is 18.4. The number of nitrogens with two attached hydrogens (primary N) is 1. The fourth-order valence-electron chi connectivity index (χ4n) is 1.21. The molecule has 0 aromatic carbocycles. The summed E-state index contributed by atoms with van der Waals surface area (Å²) in [6.07, 6.45) is 3.61. The third-order valence-electron chi connectivity index (χ3n) is 2.17. The van der Waals surface area contributed by atoms with E-state index in [2.05, 4.69) is 0 Å². The van der Waals surface area contributed by atoms with Crippen molar-refractivity contribution in [1.82, 2.24) is 4.90 Å². The Hall–Kier alpha value is 0.0300. The molecule has 0 fully saturated rings. The quantitative estimate of drug-likeness (QED) is 0.668. The Bertz CT molecular complexity index is 184. The number of carbonyl (C=O) groups is 1. The number of amides is 1. The third kappa shape index (κ3) is 8.21. The molecule has 1 atom stereocenters. The second-order valence-corrected chi connectivity index (χ2v) is 4.48. The molecule has 0 saturated carbocycles. The van der Waals surface area contributed by atoms with Gasteiger partial charge in [0.05, 0.1) is 6.04 Å². The second kappa shape index (κ2) is 11.5. The van der Waals surface area contributed by atoms with Crippen molar-refractivity contribution in [2.24, 2.45) is 5.73 Å². The molecule has 0 rings (SSSR count). The monoisotopic (exact) mass is 270 g/mol. The summed E-state index contributed by atoms with van der Waals surface area (Å²) in [6, 6.07) is -0.356. The van der Waals surface area contributed by atoms with Crippen LogP contribution in [-0.4, -0.2) is 56.2 Å². The van der Waals surface area contributed by atoms with Gasteiger partial charge in [-0.2, -0.15) is 11.8 Å². The molecule has 0 spiro atoms. The van der Waals surface area contributed by atoms with E-state index in [0.717, 1.165) is 18.6 Å². The van der Waals surface area contributed by atoms with Crippen LogP contribution in [0.4, 0.5) is 0 Å². The summed E-state index contributed by atoms with van der Waals surface area (Å²) in [6.45, 7) is 1.39. The number of methoxy groups -OCH3 is 1. The van der Waals surface area contributed by atoms with Crippen LogP contribution in [0.25, 0.3) is 0 Å². The number of rotatable bonds is 8. The van der Waals surface area contributed by atoms with Gasteiger partial charge in [0.15, 0.2) is 0 Å². The van der Waals surface area contributed by atoms with Crippen molar-refractivity contribution in [2.75, 3.05) is 39.3 Å². The molecule has 16 heavy (non-hydrogen) atoms. The molecular formula is C10H23ClN2O2S. The highest BCUT2D eigenvalue weighted by Gasteiger charge is 2.16. The van der Waals surface area contributed by atoms with Crippen LogP contribution in [-0.2, 0) is 9.53 Å². The van der Waals surface area contributed by atoms with Crippen LogP contribution in [0.15, 0.2) is 0 Å². The van der Waals surface area contributed by atoms with Gasteiger partial charge in [0.2, 0.25) is 5.91 Å². The Balaban J connectivity index is 0. The maximum absolute atomic E-state index is 11.7. The number of hydrogen-bond donors (Lipinski definition) is 1. The highest BCUT2D eigenvalue weighted by atomic mass is 35.5. The number of likely N-dealkylation sites (N-methyl/N-ethyl adjacent to an activating group) is 1. The van der Waals surface area contributed by atoms with E-state index in [1.807, 2.05) is 6.26 Å². The number of nitrogens with zero attached hydrogens (tertiary/aromatic N) is 1. The molecule has 4 nitrogen and oxygen atoms in total. The summed E-state index contributed by atoms with van der Waals surface area (Å²) < 4.78 is 4.92. The van der Waals surface area contributed by atoms with E-state index in [4.69, 9.17) is 10.5 Å². The zero-order valence-electron chi connectivity index (χ0n) is 10.3. The van der Waals surface area contributed by atoms with E-state index in [1.165, 1.54) is 0 Å². The molecule has 1 amide bonds. The molecule has 0 aliphatic carbocycles. The summed E-state index contributed by atoms with van der Waals surface area (Å²) in [5.41, 5.74) is 5.77. The number of thioether (sulfide) groups is 1. The summed E-state index contributed by atoms with van der Waals surface area (Å²) in [4.78, 5) is 13.4. The lowest BCUT2D eigenvalue weighted by atomic mass is 10.2. The van der Waals surface area contributed by atoms with E-state index in [0.29, 0.717) is 13.2 Å². The summed E-state index contributed by atoms with van der Waals surface area (Å²) in [7, 11) is 3.45. The van der Waals surface area contributed by atoms with Crippen molar-refractivity contribution in [3.63, 3.8) is 0 Å². The fourth-order valence-corrected chi connectivity index (χ4v) is 1.70. The fraction of sp³-hybridized carbons (Fsp3) is 0.900. The molecule has 0 unspecified atom stereocenters. The van der Waals surface area contributed by atoms with Crippen LogP contribution in [0, 0.1) is 0 Å². The SMILES string of the molecule is COCCCN(C)C(=O)[C@@H](N)CCSC.Cl. The Labute approximate surface area is 109 Å². The number of carbonyl (C=O) groups excluding carboxylic acids is 1. The van der Waals surface area contributed by atoms with Crippen molar-refractivity contribution in [2.45, 2.75) is 18.9 Å². The van der Waals surface area contributed by atoms with Crippen LogP contribution in [0.1, 0.15) is 12.8 Å². The highest BCUT2D eigenvalue weighted by molar-refractivity contribution is 7.98. The van der Waals surface area contributed by atoms with Gasteiger partial charge in [0, 0.05) is 27.3 Å². The summed E-state index contributed by atoms with van der Waals surface area (Å²) in [5, 5.41) is 0. The Morgan fingerprint density at radius 2 is 2.19 bits per heavy atom. The molecule has 0 aromatic rings. The lowest BCUT2D eigenvalue weighted by Gasteiger charge is -2.20. The number of ether oxygens (including phenoxy) is 1. The predicted octanol–water partition coefficient (Wildman–Crippen LogP) is 0.984. The normalized spacial score (nSPS) is 11.8. The van der Waals surface area contributed by atoms with Gasteiger partial charge in [-0.1, -0.05) is 0 Å². The third-order valence-corrected chi connectivity index (χ3v) is 2.81. The standard InChI is InChI=1S/C10H22N2O2S.ClH/c1-12(6-4-7-14-2)10(13)9(11)5-8-15-3;/h9H,4-8,11H2,1-3H3;1H/t9-;/m0./s1. The first-order valence-corrected chi connectivity index (χ1v) is 6.51. The van der Waals surface area contributed by atoms with E-state index in [9.17, 15) is 4.79 Å². The molecule has 2 N–H and O–H groups in total. The van der Waals surface area contributed by atoms with Gasteiger partial charge in [-0.25, -0.2) is 0 Å². The second-order valence-electron chi connectivity index (χ2n) is 3.49. The van der Waals surface area contributed by atoms with Crippen LogP contribution in [0.5, 0.6) is 0 Å². The van der Waals surface area contributed by atoms with Crippen molar-refractivity contribution in [3.8, 4) is 0 Å². The van der Waals surface area contributed by atoms with Gasteiger partial charge in [-0.05, 0) is 24.9 Å². The minimum Gasteiger partial charge on any atom is -0.385 e. The van der Waals surface area contributed by atoms with Gasteiger partial charge in [-0.15, -0.1) is 12.4 Å². The molecule has 0 aliphatic rings. The topological polar surface area (TPSA) is 55.6 Å². The lowest BCUT2D eigenvalue weighted by Crippen LogP contribution is -2.42. The molecular weight excluding hydrogens is 248 g/mol.